The van der Waals surface area contributed by atoms with E-state index in [-0.39, 0.29) is 23.3 Å². The zero-order valence-electron chi connectivity index (χ0n) is 16.5. The Kier molecular flexibility index (Phi) is 6.62. The minimum Gasteiger partial charge on any atom is -0.495 e. The summed E-state index contributed by atoms with van der Waals surface area (Å²) in [7, 11) is 1.53. The second-order valence-corrected chi connectivity index (χ2v) is 8.23. The largest absolute Gasteiger partial charge is 0.495 e. The summed E-state index contributed by atoms with van der Waals surface area (Å²) in [5.74, 6) is 1.46. The van der Waals surface area contributed by atoms with Gasteiger partial charge in [-0.2, -0.15) is 0 Å². The maximum absolute atomic E-state index is 13.0. The molecule has 0 aliphatic carbocycles. The quantitative estimate of drug-likeness (QED) is 0.320. The standard InChI is InChI=1S/C22H15Cl3N2O4S/c1-29-19-5-3-2-4-18(19)27-21(28)17(26-22(27)32)10-13-6-7-14(31-13)11-30-20-15(24)8-12(23)9-16(20)25/h2-10H,11H2,1H3,(H,26,32)/b17-10+. The second kappa shape index (κ2) is 9.42. The van der Waals surface area contributed by atoms with Gasteiger partial charge in [0.15, 0.2) is 10.9 Å². The minimum absolute atomic E-state index is 0.0807. The first-order chi connectivity index (χ1) is 15.4. The molecule has 0 unspecified atom stereocenters. The molecule has 32 heavy (non-hydrogen) atoms. The van der Waals surface area contributed by atoms with Gasteiger partial charge in [0.05, 0.1) is 22.8 Å². The van der Waals surface area contributed by atoms with Gasteiger partial charge in [-0.05, 0) is 48.6 Å². The van der Waals surface area contributed by atoms with Gasteiger partial charge >= 0.3 is 0 Å². The third-order valence-corrected chi connectivity index (χ3v) is 5.56. The number of amides is 1. The van der Waals surface area contributed by atoms with Gasteiger partial charge < -0.3 is 19.2 Å². The number of thiocarbonyl (C=S) groups is 1. The fourth-order valence-corrected chi connectivity index (χ4v) is 4.29. The lowest BCUT2D eigenvalue weighted by atomic mass is 10.2. The van der Waals surface area contributed by atoms with Crippen LogP contribution in [0, 0.1) is 0 Å². The number of hydrogen-bond acceptors (Lipinski definition) is 5. The van der Waals surface area contributed by atoms with E-state index < -0.39 is 0 Å². The van der Waals surface area contributed by atoms with E-state index in [1.165, 1.54) is 24.1 Å². The molecule has 0 atom stereocenters. The molecule has 10 heteroatoms. The first kappa shape index (κ1) is 22.5. The molecule has 3 aromatic rings. The van der Waals surface area contributed by atoms with E-state index in [2.05, 4.69) is 5.32 Å². The predicted octanol–water partition coefficient (Wildman–Crippen LogP) is 6.09. The Balaban J connectivity index is 1.50. The summed E-state index contributed by atoms with van der Waals surface area (Å²) in [4.78, 5) is 14.3. The summed E-state index contributed by atoms with van der Waals surface area (Å²) in [5, 5.41) is 4.15. The van der Waals surface area contributed by atoms with Gasteiger partial charge in [0.25, 0.3) is 5.91 Å². The lowest BCUT2D eigenvalue weighted by Gasteiger charge is -2.17. The lowest BCUT2D eigenvalue weighted by Crippen LogP contribution is -2.30. The third-order valence-electron chi connectivity index (χ3n) is 4.50. The van der Waals surface area contributed by atoms with Crippen LogP contribution in [0.25, 0.3) is 6.08 Å². The zero-order valence-corrected chi connectivity index (χ0v) is 19.6. The molecule has 1 fully saturated rings. The average Bonchev–Trinajstić information content (AvgIpc) is 3.31. The van der Waals surface area contributed by atoms with Gasteiger partial charge in [0.2, 0.25) is 0 Å². The molecular weight excluding hydrogens is 495 g/mol. The van der Waals surface area contributed by atoms with Crippen molar-refractivity contribution >= 4 is 69.8 Å². The number of hydrogen-bond donors (Lipinski definition) is 1. The minimum atomic E-state index is -0.326. The van der Waals surface area contributed by atoms with Crippen molar-refractivity contribution in [1.29, 1.82) is 0 Å². The molecule has 6 nitrogen and oxygen atoms in total. The topological polar surface area (TPSA) is 63.9 Å². The SMILES string of the molecule is COc1ccccc1N1C(=O)/C(=C\c2ccc(COc3c(Cl)cc(Cl)cc3Cl)o2)NC1=S. The number of ether oxygens (including phenoxy) is 2. The van der Waals surface area contributed by atoms with Crippen molar-refractivity contribution in [3.63, 3.8) is 0 Å². The average molecular weight is 510 g/mol. The van der Waals surface area contributed by atoms with Crippen molar-refractivity contribution in [3.8, 4) is 11.5 Å². The molecule has 1 aliphatic heterocycles. The Morgan fingerprint density at radius 3 is 2.56 bits per heavy atom. The van der Waals surface area contributed by atoms with E-state index in [1.54, 1.807) is 36.4 Å². The van der Waals surface area contributed by atoms with Crippen LogP contribution in [0.3, 0.4) is 0 Å². The van der Waals surface area contributed by atoms with Crippen LogP contribution < -0.4 is 19.7 Å². The number of benzene rings is 2. The van der Waals surface area contributed by atoms with Crippen LogP contribution >= 0.6 is 47.0 Å². The number of nitrogens with one attached hydrogen (secondary N) is 1. The fraction of sp³-hybridized carbons (Fsp3) is 0.0909. The summed E-state index contributed by atoms with van der Waals surface area (Å²) in [6.45, 7) is 0.0807. The third kappa shape index (κ3) is 4.56. The highest BCUT2D eigenvalue weighted by Crippen LogP contribution is 2.36. The predicted molar refractivity (Wildman–Crippen MR) is 129 cm³/mol. The molecule has 1 saturated heterocycles. The number of rotatable bonds is 6. The molecule has 0 saturated carbocycles. The fourth-order valence-electron chi connectivity index (χ4n) is 3.07. The first-order valence-electron chi connectivity index (χ1n) is 9.23. The van der Waals surface area contributed by atoms with E-state index in [9.17, 15) is 4.79 Å². The molecule has 0 radical (unpaired) electrons. The number of furan rings is 1. The van der Waals surface area contributed by atoms with Crippen LogP contribution in [0.15, 0.2) is 58.6 Å². The maximum Gasteiger partial charge on any atom is 0.281 e. The highest BCUT2D eigenvalue weighted by atomic mass is 35.5. The summed E-state index contributed by atoms with van der Waals surface area (Å²) in [6, 6.07) is 13.6. The second-order valence-electron chi connectivity index (χ2n) is 6.59. The molecule has 0 spiro atoms. The molecule has 1 aliphatic rings. The van der Waals surface area contributed by atoms with Gasteiger partial charge in [0.1, 0.15) is 29.6 Å². The van der Waals surface area contributed by atoms with E-state index in [0.717, 1.165) is 0 Å². The van der Waals surface area contributed by atoms with Gasteiger partial charge in [-0.3, -0.25) is 4.79 Å². The van der Waals surface area contributed by atoms with E-state index in [4.69, 9.17) is 60.9 Å². The number of carbonyl (C=O) groups is 1. The van der Waals surface area contributed by atoms with E-state index >= 15 is 0 Å². The Morgan fingerprint density at radius 2 is 1.84 bits per heavy atom. The molecule has 1 aromatic heterocycles. The number of anilines is 1. The molecule has 4 rings (SSSR count). The monoisotopic (exact) mass is 508 g/mol. The Hall–Kier alpha value is -2.71. The van der Waals surface area contributed by atoms with Crippen LogP contribution in [0.2, 0.25) is 15.1 Å². The van der Waals surface area contributed by atoms with Gasteiger partial charge in [-0.1, -0.05) is 46.9 Å². The van der Waals surface area contributed by atoms with Crippen LogP contribution in [-0.4, -0.2) is 18.1 Å². The number of para-hydroxylation sites is 2. The molecule has 1 N–H and O–H groups in total. The van der Waals surface area contributed by atoms with Crippen molar-refractivity contribution in [1.82, 2.24) is 5.32 Å². The van der Waals surface area contributed by atoms with Crippen molar-refractivity contribution < 1.29 is 18.7 Å². The van der Waals surface area contributed by atoms with Crippen molar-refractivity contribution in [2.75, 3.05) is 12.0 Å². The van der Waals surface area contributed by atoms with Crippen LogP contribution in [-0.2, 0) is 11.4 Å². The summed E-state index contributed by atoms with van der Waals surface area (Å²) >= 11 is 23.5. The van der Waals surface area contributed by atoms with E-state index in [0.29, 0.717) is 43.8 Å². The number of halogens is 3. The highest BCUT2D eigenvalue weighted by Gasteiger charge is 2.33. The van der Waals surface area contributed by atoms with Crippen LogP contribution in [0.4, 0.5) is 5.69 Å². The molecule has 2 heterocycles. The Bertz CT molecular complexity index is 1220. The number of carbonyl (C=O) groups excluding carboxylic acids is 1. The summed E-state index contributed by atoms with van der Waals surface area (Å²) in [5.41, 5.74) is 0.817. The summed E-state index contributed by atoms with van der Waals surface area (Å²) < 4.78 is 16.8. The van der Waals surface area contributed by atoms with Gasteiger partial charge in [-0.15, -0.1) is 0 Å². The van der Waals surface area contributed by atoms with Crippen molar-refractivity contribution in [3.05, 3.63) is 80.8 Å². The van der Waals surface area contributed by atoms with Crippen molar-refractivity contribution in [2.24, 2.45) is 0 Å². The van der Waals surface area contributed by atoms with Gasteiger partial charge in [-0.25, -0.2) is 4.90 Å². The Morgan fingerprint density at radius 1 is 1.12 bits per heavy atom. The van der Waals surface area contributed by atoms with Crippen LogP contribution in [0.1, 0.15) is 11.5 Å². The maximum atomic E-state index is 13.0. The van der Waals surface area contributed by atoms with E-state index in [1.807, 2.05) is 6.07 Å². The molecular formula is C22H15Cl3N2O4S. The zero-order chi connectivity index (χ0) is 22.8. The number of nitrogens with zero attached hydrogens (tertiary/aromatic N) is 1. The molecule has 0 bridgehead atoms. The van der Waals surface area contributed by atoms with Crippen molar-refractivity contribution in [2.45, 2.75) is 6.61 Å². The first-order valence-corrected chi connectivity index (χ1v) is 10.8. The van der Waals surface area contributed by atoms with Gasteiger partial charge in [0, 0.05) is 11.1 Å². The lowest BCUT2D eigenvalue weighted by molar-refractivity contribution is -0.113. The highest BCUT2D eigenvalue weighted by molar-refractivity contribution is 7.80. The smallest absolute Gasteiger partial charge is 0.281 e. The molecule has 1 amide bonds. The molecule has 2 aromatic carbocycles. The normalized spacial score (nSPS) is 14.8. The number of methoxy groups -OCH3 is 1. The Labute approximate surface area is 204 Å². The van der Waals surface area contributed by atoms with Crippen LogP contribution in [0.5, 0.6) is 11.5 Å². The molecule has 164 valence electrons. The summed E-state index contributed by atoms with van der Waals surface area (Å²) in [6.07, 6.45) is 1.57.